The molecule has 1 rings (SSSR count). The zero-order valence-corrected chi connectivity index (χ0v) is 9.14. The Balaban J connectivity index is 2.39. The van der Waals surface area contributed by atoms with E-state index in [9.17, 15) is 9.59 Å². The largest absolute Gasteiger partial charge is 0.481 e. The van der Waals surface area contributed by atoms with Crippen LogP contribution >= 0.6 is 0 Å². The van der Waals surface area contributed by atoms with Gasteiger partial charge in [-0.15, -0.1) is 0 Å². The highest BCUT2D eigenvalue weighted by Gasteiger charge is 2.12. The number of rotatable bonds is 5. The number of para-hydroxylation sites is 1. The lowest BCUT2D eigenvalue weighted by Gasteiger charge is -2.09. The number of aliphatic carboxylic acids is 1. The third kappa shape index (κ3) is 4.59. The SMILES string of the molecule is CC(CC(=O)O)CC(=O)Nc1ccccc1. The monoisotopic (exact) mass is 221 g/mol. The molecule has 0 saturated carbocycles. The van der Waals surface area contributed by atoms with Crippen LogP contribution in [0.25, 0.3) is 0 Å². The summed E-state index contributed by atoms with van der Waals surface area (Å²) in [4.78, 5) is 21.9. The van der Waals surface area contributed by atoms with Gasteiger partial charge in [-0.1, -0.05) is 25.1 Å². The molecule has 1 atom stereocenters. The summed E-state index contributed by atoms with van der Waals surface area (Å²) in [5.41, 5.74) is 0.732. The van der Waals surface area contributed by atoms with Gasteiger partial charge in [-0.3, -0.25) is 9.59 Å². The van der Waals surface area contributed by atoms with Gasteiger partial charge in [0.05, 0.1) is 0 Å². The molecule has 2 N–H and O–H groups in total. The van der Waals surface area contributed by atoms with Gasteiger partial charge in [0, 0.05) is 18.5 Å². The van der Waals surface area contributed by atoms with Crippen molar-refractivity contribution in [3.8, 4) is 0 Å². The van der Waals surface area contributed by atoms with Crippen molar-refractivity contribution < 1.29 is 14.7 Å². The molecule has 0 aliphatic heterocycles. The van der Waals surface area contributed by atoms with Crippen LogP contribution < -0.4 is 5.32 Å². The summed E-state index contributed by atoms with van der Waals surface area (Å²) in [5.74, 6) is -1.18. The van der Waals surface area contributed by atoms with Crippen LogP contribution in [0.5, 0.6) is 0 Å². The van der Waals surface area contributed by atoms with E-state index in [0.717, 1.165) is 5.69 Å². The van der Waals surface area contributed by atoms with Gasteiger partial charge >= 0.3 is 5.97 Å². The summed E-state index contributed by atoms with van der Waals surface area (Å²) in [5, 5.41) is 11.3. The number of benzene rings is 1. The number of carbonyl (C=O) groups is 2. The molecule has 1 aromatic carbocycles. The molecule has 86 valence electrons. The normalized spacial score (nSPS) is 11.8. The fourth-order valence-electron chi connectivity index (χ4n) is 1.42. The molecule has 4 nitrogen and oxygen atoms in total. The first kappa shape index (κ1) is 12.2. The van der Waals surface area contributed by atoms with Crippen molar-refractivity contribution >= 4 is 17.6 Å². The summed E-state index contributed by atoms with van der Waals surface area (Å²) >= 11 is 0. The van der Waals surface area contributed by atoms with E-state index in [4.69, 9.17) is 5.11 Å². The van der Waals surface area contributed by atoms with Crippen molar-refractivity contribution in [2.75, 3.05) is 5.32 Å². The highest BCUT2D eigenvalue weighted by Crippen LogP contribution is 2.10. The molecule has 0 aliphatic rings. The second-order valence-corrected chi connectivity index (χ2v) is 3.82. The van der Waals surface area contributed by atoms with E-state index in [1.807, 2.05) is 18.2 Å². The molecular formula is C12H15NO3. The molecule has 0 bridgehead atoms. The Labute approximate surface area is 94.3 Å². The number of nitrogens with one attached hydrogen (secondary N) is 1. The van der Waals surface area contributed by atoms with E-state index in [1.165, 1.54) is 0 Å². The average molecular weight is 221 g/mol. The summed E-state index contributed by atoms with van der Waals surface area (Å²) in [6, 6.07) is 9.11. The van der Waals surface area contributed by atoms with Crippen LogP contribution in [0.1, 0.15) is 19.8 Å². The topological polar surface area (TPSA) is 66.4 Å². The maximum absolute atomic E-state index is 11.5. The lowest BCUT2D eigenvalue weighted by Crippen LogP contribution is -2.16. The van der Waals surface area contributed by atoms with E-state index in [-0.39, 0.29) is 24.7 Å². The molecule has 1 amide bonds. The van der Waals surface area contributed by atoms with Crippen LogP contribution in [-0.4, -0.2) is 17.0 Å². The summed E-state index contributed by atoms with van der Waals surface area (Å²) in [7, 11) is 0. The second kappa shape index (κ2) is 5.90. The molecular weight excluding hydrogens is 206 g/mol. The highest BCUT2D eigenvalue weighted by molar-refractivity contribution is 5.91. The third-order valence-corrected chi connectivity index (χ3v) is 2.11. The molecule has 0 saturated heterocycles. The van der Waals surface area contributed by atoms with Crippen LogP contribution in [0.3, 0.4) is 0 Å². The van der Waals surface area contributed by atoms with Crippen LogP contribution in [0, 0.1) is 5.92 Å². The molecule has 16 heavy (non-hydrogen) atoms. The molecule has 0 fully saturated rings. The maximum atomic E-state index is 11.5. The molecule has 4 heteroatoms. The first-order valence-electron chi connectivity index (χ1n) is 5.14. The molecule has 1 unspecified atom stereocenters. The van der Waals surface area contributed by atoms with E-state index >= 15 is 0 Å². The fraction of sp³-hybridized carbons (Fsp3) is 0.333. The Hall–Kier alpha value is -1.84. The quantitative estimate of drug-likeness (QED) is 0.800. The zero-order valence-electron chi connectivity index (χ0n) is 9.14. The van der Waals surface area contributed by atoms with Crippen molar-refractivity contribution in [3.63, 3.8) is 0 Å². The Bertz CT molecular complexity index is 362. The number of carboxylic acid groups (broad SMARTS) is 1. The smallest absolute Gasteiger partial charge is 0.303 e. The summed E-state index contributed by atoms with van der Waals surface area (Å²) in [6.07, 6.45) is 0.239. The van der Waals surface area contributed by atoms with Gasteiger partial charge in [-0.25, -0.2) is 0 Å². The predicted molar refractivity (Wildman–Crippen MR) is 61.1 cm³/mol. The maximum Gasteiger partial charge on any atom is 0.303 e. The van der Waals surface area contributed by atoms with Gasteiger partial charge in [0.1, 0.15) is 0 Å². The van der Waals surface area contributed by atoms with Crippen molar-refractivity contribution in [1.82, 2.24) is 0 Å². The summed E-state index contributed by atoms with van der Waals surface area (Å²) in [6.45, 7) is 1.75. The predicted octanol–water partition coefficient (Wildman–Crippen LogP) is 2.13. The van der Waals surface area contributed by atoms with Gasteiger partial charge in [-0.2, -0.15) is 0 Å². The second-order valence-electron chi connectivity index (χ2n) is 3.82. The number of carboxylic acids is 1. The Kier molecular flexibility index (Phi) is 4.51. The van der Waals surface area contributed by atoms with Crippen LogP contribution in [0.15, 0.2) is 30.3 Å². The van der Waals surface area contributed by atoms with Crippen molar-refractivity contribution in [1.29, 1.82) is 0 Å². The molecule has 0 heterocycles. The van der Waals surface area contributed by atoms with Crippen molar-refractivity contribution in [3.05, 3.63) is 30.3 Å². The standard InChI is InChI=1S/C12H15NO3/c1-9(8-12(15)16)7-11(14)13-10-5-3-2-4-6-10/h2-6,9H,7-8H2,1H3,(H,13,14)(H,15,16). The first-order chi connectivity index (χ1) is 7.58. The number of hydrogen-bond acceptors (Lipinski definition) is 2. The van der Waals surface area contributed by atoms with E-state index in [2.05, 4.69) is 5.32 Å². The Morgan fingerprint density at radius 1 is 1.25 bits per heavy atom. The number of anilines is 1. The molecule has 0 spiro atoms. The van der Waals surface area contributed by atoms with Crippen LogP contribution in [0.2, 0.25) is 0 Å². The van der Waals surface area contributed by atoms with Gasteiger partial charge in [0.2, 0.25) is 5.91 Å². The minimum absolute atomic E-state index is 0.0161. The van der Waals surface area contributed by atoms with E-state index < -0.39 is 5.97 Å². The van der Waals surface area contributed by atoms with E-state index in [1.54, 1.807) is 19.1 Å². The minimum Gasteiger partial charge on any atom is -0.481 e. The Morgan fingerprint density at radius 3 is 2.44 bits per heavy atom. The first-order valence-corrected chi connectivity index (χ1v) is 5.14. The van der Waals surface area contributed by atoms with Crippen LogP contribution in [-0.2, 0) is 9.59 Å². The minimum atomic E-state index is -0.875. The Morgan fingerprint density at radius 2 is 1.88 bits per heavy atom. The number of carbonyl (C=O) groups excluding carboxylic acids is 1. The van der Waals surface area contributed by atoms with E-state index in [0.29, 0.717) is 0 Å². The highest BCUT2D eigenvalue weighted by atomic mass is 16.4. The lowest BCUT2D eigenvalue weighted by molar-refractivity contribution is -0.138. The van der Waals surface area contributed by atoms with Crippen molar-refractivity contribution in [2.24, 2.45) is 5.92 Å². The molecule has 0 radical (unpaired) electrons. The van der Waals surface area contributed by atoms with Gasteiger partial charge in [0.25, 0.3) is 0 Å². The number of amides is 1. The molecule has 1 aromatic rings. The zero-order chi connectivity index (χ0) is 12.0. The van der Waals surface area contributed by atoms with Gasteiger partial charge < -0.3 is 10.4 Å². The van der Waals surface area contributed by atoms with Gasteiger partial charge in [0.15, 0.2) is 0 Å². The summed E-state index contributed by atoms with van der Waals surface area (Å²) < 4.78 is 0. The molecule has 0 aliphatic carbocycles. The third-order valence-electron chi connectivity index (χ3n) is 2.11. The fourth-order valence-corrected chi connectivity index (χ4v) is 1.42. The van der Waals surface area contributed by atoms with Gasteiger partial charge in [-0.05, 0) is 18.1 Å². The van der Waals surface area contributed by atoms with Crippen molar-refractivity contribution in [2.45, 2.75) is 19.8 Å². The lowest BCUT2D eigenvalue weighted by atomic mass is 10.0. The number of hydrogen-bond donors (Lipinski definition) is 2. The molecule has 0 aromatic heterocycles. The average Bonchev–Trinajstić information content (AvgIpc) is 2.17. The van der Waals surface area contributed by atoms with Crippen LogP contribution in [0.4, 0.5) is 5.69 Å².